The number of hydrogen-bond acceptors (Lipinski definition) is 4. The van der Waals surface area contributed by atoms with Crippen LogP contribution in [-0.2, 0) is 26.5 Å². The first kappa shape index (κ1) is 29.3. The van der Waals surface area contributed by atoms with Crippen molar-refractivity contribution >= 4 is 32.8 Å². The van der Waals surface area contributed by atoms with Crippen LogP contribution in [0.4, 0.5) is 0 Å². The third-order valence-corrected chi connectivity index (χ3v) is 6.85. The van der Waals surface area contributed by atoms with Crippen molar-refractivity contribution in [3.8, 4) is 22.5 Å². The summed E-state index contributed by atoms with van der Waals surface area (Å²) in [6.45, 7) is 8.73. The van der Waals surface area contributed by atoms with Crippen LogP contribution in [0.2, 0.25) is 0 Å². The number of hydrogen-bond donors (Lipinski definition) is 0. The monoisotopic (exact) mass is 726 g/mol. The van der Waals surface area contributed by atoms with E-state index in [9.17, 15) is 0 Å². The van der Waals surface area contributed by atoms with Crippen molar-refractivity contribution in [2.24, 2.45) is 5.41 Å². The van der Waals surface area contributed by atoms with Gasteiger partial charge in [0.1, 0.15) is 11.1 Å². The summed E-state index contributed by atoms with van der Waals surface area (Å²) in [5.74, 6) is 0. The molecule has 0 aliphatic rings. The van der Waals surface area contributed by atoms with E-state index in [4.69, 9.17) is 9.40 Å². The summed E-state index contributed by atoms with van der Waals surface area (Å²) < 4.78 is 6.40. The molecule has 0 amide bonds. The maximum Gasteiger partial charge on any atom is 0.147 e. The molecule has 0 atom stereocenters. The van der Waals surface area contributed by atoms with E-state index in [1.165, 1.54) is 5.56 Å². The Hall–Kier alpha value is -4.18. The van der Waals surface area contributed by atoms with E-state index in [0.717, 1.165) is 67.5 Å². The van der Waals surface area contributed by atoms with Gasteiger partial charge in [0.15, 0.2) is 0 Å². The molecule has 4 aromatic heterocycles. The van der Waals surface area contributed by atoms with Crippen molar-refractivity contribution in [1.29, 1.82) is 0 Å². The van der Waals surface area contributed by atoms with Gasteiger partial charge >= 0.3 is 0 Å². The van der Waals surface area contributed by atoms with Crippen molar-refractivity contribution in [2.45, 2.75) is 34.1 Å². The molecule has 0 bridgehead atoms. The summed E-state index contributed by atoms with van der Waals surface area (Å²) in [6, 6.07) is 36.8. The molecule has 7 aromatic rings. The first-order valence-corrected chi connectivity index (χ1v) is 13.8. The van der Waals surface area contributed by atoms with Crippen molar-refractivity contribution in [2.75, 3.05) is 0 Å². The van der Waals surface area contributed by atoms with Gasteiger partial charge in [-0.3, -0.25) is 0 Å². The van der Waals surface area contributed by atoms with Crippen LogP contribution in [-0.4, -0.2) is 15.0 Å². The normalized spacial score (nSPS) is 11.2. The fourth-order valence-corrected chi connectivity index (χ4v) is 4.95. The van der Waals surface area contributed by atoms with E-state index in [1.807, 2.05) is 67.7 Å². The number of furan rings is 1. The third kappa shape index (κ3) is 6.33. The smallest absolute Gasteiger partial charge is 0.147 e. The molecule has 0 N–H and O–H groups in total. The van der Waals surface area contributed by atoms with Crippen molar-refractivity contribution < 1.29 is 24.5 Å². The molecule has 0 aliphatic carbocycles. The second-order valence-corrected chi connectivity index (χ2v) is 11.5. The van der Waals surface area contributed by atoms with Gasteiger partial charge in [-0.25, -0.2) is 4.98 Å². The summed E-state index contributed by atoms with van der Waals surface area (Å²) in [4.78, 5) is 13.8. The molecule has 4 nitrogen and oxygen atoms in total. The Balaban J connectivity index is 0.000000212. The second-order valence-electron chi connectivity index (χ2n) is 11.5. The van der Waals surface area contributed by atoms with Crippen LogP contribution in [0.25, 0.3) is 55.4 Å². The van der Waals surface area contributed by atoms with Gasteiger partial charge < -0.3 is 14.4 Å². The molecule has 4 heterocycles. The van der Waals surface area contributed by atoms with Crippen LogP contribution in [0.3, 0.4) is 0 Å². The SMILES string of the molecule is CC(C)(C)Cc1ccc2ccc3c4cc[c-]c(-c5ccccn5)c4oc3c2n1.Cc1ccc(-c2[c-]cccc2)nc1.[Ir]. The molecule has 0 fully saturated rings. The molecule has 0 unspecified atom stereocenters. The Labute approximate surface area is 260 Å². The fraction of sp³-hybridized carbons (Fsp3) is 0.162. The fourth-order valence-electron chi connectivity index (χ4n) is 4.95. The number of aromatic nitrogens is 3. The van der Waals surface area contributed by atoms with Gasteiger partial charge in [-0.2, -0.15) is 0 Å². The van der Waals surface area contributed by atoms with Gasteiger partial charge in [-0.15, -0.1) is 54.1 Å². The Bertz CT molecular complexity index is 1940. The zero-order valence-corrected chi connectivity index (χ0v) is 26.5. The molecule has 0 spiro atoms. The molecular formula is C37H31IrN3O-2. The number of benzene rings is 3. The van der Waals surface area contributed by atoms with Crippen LogP contribution in [0.5, 0.6) is 0 Å². The first-order valence-electron chi connectivity index (χ1n) is 13.8. The summed E-state index contributed by atoms with van der Waals surface area (Å²) in [6.07, 6.45) is 4.59. The van der Waals surface area contributed by atoms with E-state index in [0.29, 0.717) is 0 Å². The minimum absolute atomic E-state index is 0. The minimum atomic E-state index is 0. The molecule has 211 valence electrons. The molecule has 0 aliphatic heterocycles. The van der Waals surface area contributed by atoms with Gasteiger partial charge in [-0.05, 0) is 47.8 Å². The predicted molar refractivity (Wildman–Crippen MR) is 167 cm³/mol. The summed E-state index contributed by atoms with van der Waals surface area (Å²) in [5, 5.41) is 3.24. The molecule has 1 radical (unpaired) electrons. The minimum Gasteiger partial charge on any atom is -0.498 e. The Morgan fingerprint density at radius 1 is 0.738 bits per heavy atom. The molecule has 5 heteroatoms. The van der Waals surface area contributed by atoms with Crippen molar-refractivity contribution in [1.82, 2.24) is 15.0 Å². The zero-order chi connectivity index (χ0) is 28.4. The van der Waals surface area contributed by atoms with Crippen LogP contribution in [0, 0.1) is 24.5 Å². The van der Waals surface area contributed by atoms with Gasteiger partial charge in [0, 0.05) is 49.0 Å². The number of fused-ring (bicyclic) bond motifs is 5. The van der Waals surface area contributed by atoms with E-state index in [-0.39, 0.29) is 25.5 Å². The molecule has 0 saturated carbocycles. The summed E-state index contributed by atoms with van der Waals surface area (Å²) >= 11 is 0. The van der Waals surface area contributed by atoms with Crippen LogP contribution >= 0.6 is 0 Å². The zero-order valence-electron chi connectivity index (χ0n) is 24.1. The van der Waals surface area contributed by atoms with Crippen LogP contribution in [0.15, 0.2) is 108 Å². The van der Waals surface area contributed by atoms with Crippen LogP contribution in [0.1, 0.15) is 32.0 Å². The number of nitrogens with zero attached hydrogens (tertiary/aromatic N) is 3. The quantitative estimate of drug-likeness (QED) is 0.171. The molecule has 0 saturated heterocycles. The van der Waals surface area contributed by atoms with Crippen molar-refractivity contribution in [3.63, 3.8) is 0 Å². The number of rotatable bonds is 3. The Morgan fingerprint density at radius 3 is 2.26 bits per heavy atom. The Morgan fingerprint density at radius 2 is 1.55 bits per heavy atom. The average Bonchev–Trinajstić information content (AvgIpc) is 3.38. The second kappa shape index (κ2) is 12.4. The first-order chi connectivity index (χ1) is 19.9. The maximum atomic E-state index is 6.40. The van der Waals surface area contributed by atoms with Gasteiger partial charge in [0.05, 0.1) is 5.58 Å². The van der Waals surface area contributed by atoms with E-state index >= 15 is 0 Å². The molecule has 3 aromatic carbocycles. The van der Waals surface area contributed by atoms with Gasteiger partial charge in [0.25, 0.3) is 0 Å². The molecular weight excluding hydrogens is 695 g/mol. The topological polar surface area (TPSA) is 51.8 Å². The molecule has 7 rings (SSSR count). The van der Waals surface area contributed by atoms with E-state index in [1.54, 1.807) is 6.20 Å². The van der Waals surface area contributed by atoms with Crippen LogP contribution < -0.4 is 0 Å². The van der Waals surface area contributed by atoms with Gasteiger partial charge in [0.2, 0.25) is 0 Å². The summed E-state index contributed by atoms with van der Waals surface area (Å²) in [7, 11) is 0. The summed E-state index contributed by atoms with van der Waals surface area (Å²) in [5.41, 5.74) is 8.78. The number of pyridine rings is 3. The Kier molecular flexibility index (Phi) is 8.63. The van der Waals surface area contributed by atoms with Gasteiger partial charge in [-0.1, -0.05) is 74.2 Å². The predicted octanol–water partition coefficient (Wildman–Crippen LogP) is 9.44. The van der Waals surface area contributed by atoms with E-state index in [2.05, 4.69) is 79.3 Å². The largest absolute Gasteiger partial charge is 0.498 e. The van der Waals surface area contributed by atoms with E-state index < -0.39 is 0 Å². The maximum absolute atomic E-state index is 6.40. The molecule has 42 heavy (non-hydrogen) atoms. The third-order valence-electron chi connectivity index (χ3n) is 6.85. The number of aryl methyl sites for hydroxylation is 1. The average molecular weight is 726 g/mol. The van der Waals surface area contributed by atoms with Crippen molar-refractivity contribution in [3.05, 3.63) is 127 Å². The standard InChI is InChI=1S/C25H21N2O.C12H10N.Ir/c1-25(2,3)15-17-12-10-16-11-13-19-18-7-6-8-20(21-9-4-5-14-26-21)23(18)28-24(19)22(16)27-17;1-10-7-8-12(13-9-10)11-5-3-2-4-6-11;/h4-7,9-14H,15H2,1-3H3;2-5,7-9H,1H3;/q2*-1;.